The molecule has 1 aromatic rings. The highest BCUT2D eigenvalue weighted by Crippen LogP contribution is 2.30. The van der Waals surface area contributed by atoms with E-state index in [-0.39, 0.29) is 12.0 Å². The van der Waals surface area contributed by atoms with Crippen molar-refractivity contribution in [3.8, 4) is 12.3 Å². The van der Waals surface area contributed by atoms with Crippen LogP contribution in [0.2, 0.25) is 0 Å². The van der Waals surface area contributed by atoms with Gasteiger partial charge in [-0.2, -0.15) is 13.2 Å². The fraction of sp³-hybridized carbons (Fsp3) is 0.412. The highest BCUT2D eigenvalue weighted by atomic mass is 19.4. The standard InChI is InChI=1S/C17H18F3NO4/c1-3-4-5-6-13(16(24)25-2)21-15(23)14(22)11-7-9-12(10-8-11)17(18,19)20/h1,7-10,13-14,22H,4-6H2,2H3,(H,21,23)/t13-,14-/m0/s1. The average Bonchev–Trinajstić information content (AvgIpc) is 2.58. The van der Waals surface area contributed by atoms with Gasteiger partial charge in [0.1, 0.15) is 6.04 Å². The molecule has 0 spiro atoms. The molecule has 25 heavy (non-hydrogen) atoms. The molecular formula is C17H18F3NO4. The number of aliphatic hydroxyl groups excluding tert-OH is 1. The number of aliphatic hydroxyl groups is 1. The molecule has 1 aromatic carbocycles. The third-order valence-electron chi connectivity index (χ3n) is 3.42. The minimum atomic E-state index is -4.52. The first-order chi connectivity index (χ1) is 11.7. The van der Waals surface area contributed by atoms with E-state index in [0.29, 0.717) is 12.8 Å². The molecule has 136 valence electrons. The van der Waals surface area contributed by atoms with Crippen molar-refractivity contribution < 1.29 is 32.6 Å². The summed E-state index contributed by atoms with van der Waals surface area (Å²) in [5.41, 5.74) is -0.927. The van der Waals surface area contributed by atoms with Gasteiger partial charge in [-0.15, -0.1) is 12.3 Å². The van der Waals surface area contributed by atoms with Crippen molar-refractivity contribution in [3.63, 3.8) is 0 Å². The van der Waals surface area contributed by atoms with E-state index in [1.807, 2.05) is 0 Å². The summed E-state index contributed by atoms with van der Waals surface area (Å²) in [5.74, 6) is 0.769. The maximum atomic E-state index is 12.5. The number of halogens is 3. The average molecular weight is 357 g/mol. The molecule has 0 aliphatic rings. The number of carbonyl (C=O) groups excluding carboxylic acids is 2. The molecule has 0 unspecified atom stereocenters. The van der Waals surface area contributed by atoms with Gasteiger partial charge in [0.15, 0.2) is 6.10 Å². The Labute approximate surface area is 143 Å². The lowest BCUT2D eigenvalue weighted by molar-refractivity contribution is -0.146. The number of carbonyl (C=O) groups is 2. The number of amides is 1. The third-order valence-corrected chi connectivity index (χ3v) is 3.42. The molecule has 0 saturated heterocycles. The summed E-state index contributed by atoms with van der Waals surface area (Å²) in [5, 5.41) is 12.3. The molecule has 8 heteroatoms. The molecule has 2 N–H and O–H groups in total. The summed E-state index contributed by atoms with van der Waals surface area (Å²) in [6.07, 6.45) is -0.0618. The van der Waals surface area contributed by atoms with E-state index in [2.05, 4.69) is 16.0 Å². The number of ether oxygens (including phenoxy) is 1. The first-order valence-electron chi connectivity index (χ1n) is 7.37. The van der Waals surface area contributed by atoms with Crippen LogP contribution in [0.25, 0.3) is 0 Å². The quantitative estimate of drug-likeness (QED) is 0.446. The molecule has 2 atom stereocenters. The summed E-state index contributed by atoms with van der Waals surface area (Å²) in [7, 11) is 1.15. The topological polar surface area (TPSA) is 75.6 Å². The maximum Gasteiger partial charge on any atom is 0.416 e. The van der Waals surface area contributed by atoms with E-state index in [0.717, 1.165) is 31.4 Å². The van der Waals surface area contributed by atoms with E-state index in [4.69, 9.17) is 6.42 Å². The molecule has 0 aliphatic heterocycles. The zero-order valence-electron chi connectivity index (χ0n) is 13.5. The van der Waals surface area contributed by atoms with Crippen LogP contribution in [0.3, 0.4) is 0 Å². The number of unbranched alkanes of at least 4 members (excludes halogenated alkanes) is 1. The summed E-state index contributed by atoms with van der Waals surface area (Å²) >= 11 is 0. The number of benzene rings is 1. The molecule has 1 rings (SSSR count). The Bertz CT molecular complexity index is 635. The van der Waals surface area contributed by atoms with Crippen LogP contribution in [0.15, 0.2) is 24.3 Å². The molecular weight excluding hydrogens is 339 g/mol. The monoisotopic (exact) mass is 357 g/mol. The number of alkyl halides is 3. The Morgan fingerprint density at radius 3 is 2.40 bits per heavy atom. The van der Waals surface area contributed by atoms with Crippen molar-refractivity contribution in [2.45, 2.75) is 37.6 Å². The first kappa shape index (κ1) is 20.5. The Morgan fingerprint density at radius 2 is 1.92 bits per heavy atom. The second-order valence-corrected chi connectivity index (χ2v) is 5.20. The largest absolute Gasteiger partial charge is 0.467 e. The lowest BCUT2D eigenvalue weighted by Gasteiger charge is -2.19. The predicted octanol–water partition coefficient (Wildman–Crippen LogP) is 2.20. The van der Waals surface area contributed by atoms with Crippen molar-refractivity contribution in [1.29, 1.82) is 0 Å². The van der Waals surface area contributed by atoms with E-state index >= 15 is 0 Å². The molecule has 5 nitrogen and oxygen atoms in total. The Hall–Kier alpha value is -2.53. The minimum absolute atomic E-state index is 0.0299. The maximum absolute atomic E-state index is 12.5. The lowest BCUT2D eigenvalue weighted by Crippen LogP contribution is -2.43. The molecule has 0 aliphatic carbocycles. The van der Waals surface area contributed by atoms with Crippen molar-refractivity contribution in [3.05, 3.63) is 35.4 Å². The van der Waals surface area contributed by atoms with Crippen LogP contribution in [-0.2, 0) is 20.5 Å². The van der Waals surface area contributed by atoms with Crippen molar-refractivity contribution in [2.75, 3.05) is 7.11 Å². The predicted molar refractivity (Wildman–Crippen MR) is 83.0 cm³/mol. The van der Waals surface area contributed by atoms with Crippen molar-refractivity contribution in [2.24, 2.45) is 0 Å². The Balaban J connectivity index is 2.79. The first-order valence-corrected chi connectivity index (χ1v) is 7.37. The van der Waals surface area contributed by atoms with Gasteiger partial charge in [-0.25, -0.2) is 4.79 Å². The van der Waals surface area contributed by atoms with Gasteiger partial charge in [0.05, 0.1) is 12.7 Å². The fourth-order valence-corrected chi connectivity index (χ4v) is 2.06. The fourth-order valence-electron chi connectivity index (χ4n) is 2.06. The van der Waals surface area contributed by atoms with Gasteiger partial charge in [0.25, 0.3) is 5.91 Å². The SMILES string of the molecule is C#CCCC[C@H](NC(=O)[C@@H](O)c1ccc(C(F)(F)F)cc1)C(=O)OC. The van der Waals surface area contributed by atoms with Gasteiger partial charge in [0, 0.05) is 6.42 Å². The molecule has 0 saturated carbocycles. The Morgan fingerprint density at radius 1 is 1.32 bits per heavy atom. The Kier molecular flexibility index (Phi) is 7.45. The van der Waals surface area contributed by atoms with Crippen molar-refractivity contribution >= 4 is 11.9 Å². The minimum Gasteiger partial charge on any atom is -0.467 e. The van der Waals surface area contributed by atoms with Crippen LogP contribution >= 0.6 is 0 Å². The summed E-state index contributed by atoms with van der Waals surface area (Å²) in [4.78, 5) is 23.7. The van der Waals surface area contributed by atoms with E-state index in [1.54, 1.807) is 0 Å². The highest BCUT2D eigenvalue weighted by Gasteiger charge is 2.31. The van der Waals surface area contributed by atoms with E-state index in [9.17, 15) is 27.9 Å². The van der Waals surface area contributed by atoms with Crippen molar-refractivity contribution in [1.82, 2.24) is 5.32 Å². The van der Waals surface area contributed by atoms with Gasteiger partial charge < -0.3 is 15.2 Å². The van der Waals surface area contributed by atoms with E-state index in [1.165, 1.54) is 0 Å². The van der Waals surface area contributed by atoms with E-state index < -0.39 is 35.8 Å². The zero-order chi connectivity index (χ0) is 19.0. The summed E-state index contributed by atoms with van der Waals surface area (Å²) < 4.78 is 42.1. The highest BCUT2D eigenvalue weighted by molar-refractivity contribution is 5.87. The molecule has 0 aromatic heterocycles. The number of nitrogens with one attached hydrogen (secondary N) is 1. The van der Waals surface area contributed by atoms with Gasteiger partial charge >= 0.3 is 12.1 Å². The van der Waals surface area contributed by atoms with Gasteiger partial charge in [0.2, 0.25) is 0 Å². The third kappa shape index (κ3) is 6.12. The smallest absolute Gasteiger partial charge is 0.416 e. The summed E-state index contributed by atoms with van der Waals surface area (Å²) in [6, 6.07) is 2.51. The van der Waals surface area contributed by atoms with Crippen LogP contribution < -0.4 is 5.32 Å². The number of hydrogen-bond acceptors (Lipinski definition) is 4. The number of hydrogen-bond donors (Lipinski definition) is 2. The lowest BCUT2D eigenvalue weighted by atomic mass is 10.0. The number of terminal acetylenes is 1. The summed E-state index contributed by atoms with van der Waals surface area (Å²) in [6.45, 7) is 0. The molecule has 0 radical (unpaired) electrons. The molecule has 1 amide bonds. The van der Waals surface area contributed by atoms with Crippen LogP contribution in [-0.4, -0.2) is 30.1 Å². The van der Waals surface area contributed by atoms with Crippen LogP contribution in [0.5, 0.6) is 0 Å². The van der Waals surface area contributed by atoms with Gasteiger partial charge in [-0.05, 0) is 30.5 Å². The van der Waals surface area contributed by atoms with Crippen LogP contribution in [0.1, 0.15) is 36.5 Å². The molecule has 0 bridgehead atoms. The van der Waals surface area contributed by atoms with Gasteiger partial charge in [-0.3, -0.25) is 4.79 Å². The van der Waals surface area contributed by atoms with Gasteiger partial charge in [-0.1, -0.05) is 12.1 Å². The number of rotatable bonds is 7. The molecule has 0 heterocycles. The van der Waals surface area contributed by atoms with Crippen LogP contribution in [0.4, 0.5) is 13.2 Å². The van der Waals surface area contributed by atoms with Crippen LogP contribution in [0, 0.1) is 12.3 Å². The number of esters is 1. The second kappa shape index (κ2) is 9.08. The normalized spacial score (nSPS) is 13.4. The molecule has 0 fully saturated rings. The number of methoxy groups -OCH3 is 1. The zero-order valence-corrected chi connectivity index (χ0v) is 13.5. The second-order valence-electron chi connectivity index (χ2n) is 5.20.